The van der Waals surface area contributed by atoms with E-state index in [4.69, 9.17) is 4.74 Å². The number of nitrogens with one attached hydrogen (secondary N) is 1. The number of carbonyl (C=O) groups excluding carboxylic acids is 2. The number of aromatic amines is 1. The van der Waals surface area contributed by atoms with Gasteiger partial charge < -0.3 is 9.72 Å². The van der Waals surface area contributed by atoms with Crippen LogP contribution in [0.3, 0.4) is 0 Å². The molecule has 0 saturated heterocycles. The van der Waals surface area contributed by atoms with E-state index in [-0.39, 0.29) is 24.2 Å². The van der Waals surface area contributed by atoms with E-state index < -0.39 is 12.1 Å². The number of hydrogen-bond acceptors (Lipinski definition) is 5. The number of nitrogens with zero attached hydrogens (tertiary/aromatic N) is 1. The summed E-state index contributed by atoms with van der Waals surface area (Å²) in [4.78, 5) is 45.3. The van der Waals surface area contributed by atoms with Crippen LogP contribution in [-0.2, 0) is 16.0 Å². The molecular formula is C27H24N2O4. The normalized spacial score (nSPS) is 11.8. The standard InChI is InChI=1S/C27H24N2O4/c1-17-7-11-19(12-8-17)25(31)26(20-13-9-18(2)10-14-20)33-24(30)16-15-23-28-22-6-4-3-5-21(22)27(32)29-23/h3-14,26H,15-16H2,1-2H3,(H,28,29,32)/t26-/m0/s1. The Labute approximate surface area is 191 Å². The number of rotatable bonds is 7. The molecule has 0 spiro atoms. The minimum Gasteiger partial charge on any atom is -0.449 e. The van der Waals surface area contributed by atoms with Gasteiger partial charge in [0.15, 0.2) is 6.10 Å². The summed E-state index contributed by atoms with van der Waals surface area (Å²) in [6, 6.07) is 21.5. The monoisotopic (exact) mass is 440 g/mol. The third-order valence-electron chi connectivity index (χ3n) is 5.43. The summed E-state index contributed by atoms with van der Waals surface area (Å²) in [6.45, 7) is 3.89. The number of esters is 1. The molecule has 4 rings (SSSR count). The zero-order chi connectivity index (χ0) is 23.4. The maximum atomic E-state index is 13.2. The van der Waals surface area contributed by atoms with E-state index in [1.165, 1.54) is 0 Å². The van der Waals surface area contributed by atoms with Gasteiger partial charge in [0.1, 0.15) is 5.82 Å². The van der Waals surface area contributed by atoms with Crippen molar-refractivity contribution in [2.24, 2.45) is 0 Å². The summed E-state index contributed by atoms with van der Waals surface area (Å²) in [7, 11) is 0. The summed E-state index contributed by atoms with van der Waals surface area (Å²) < 4.78 is 5.65. The summed E-state index contributed by atoms with van der Waals surface area (Å²) in [5.74, 6) is -0.436. The number of Topliss-reactive ketones (excluding diaryl/α,β-unsaturated/α-hetero) is 1. The van der Waals surface area contributed by atoms with E-state index >= 15 is 0 Å². The number of H-pyrrole nitrogens is 1. The molecule has 6 nitrogen and oxygen atoms in total. The van der Waals surface area contributed by atoms with Crippen LogP contribution in [0.4, 0.5) is 0 Å². The third-order valence-corrected chi connectivity index (χ3v) is 5.43. The van der Waals surface area contributed by atoms with Crippen molar-refractivity contribution in [3.63, 3.8) is 0 Å². The lowest BCUT2D eigenvalue weighted by molar-refractivity contribution is -0.147. The highest BCUT2D eigenvalue weighted by molar-refractivity contribution is 6.01. The quantitative estimate of drug-likeness (QED) is 0.334. The maximum Gasteiger partial charge on any atom is 0.307 e. The molecule has 4 aromatic rings. The molecule has 6 heteroatoms. The molecule has 1 atom stereocenters. The van der Waals surface area contributed by atoms with Crippen molar-refractivity contribution in [3.8, 4) is 0 Å². The van der Waals surface area contributed by atoms with Gasteiger partial charge in [-0.3, -0.25) is 14.4 Å². The van der Waals surface area contributed by atoms with Crippen LogP contribution in [0.25, 0.3) is 10.9 Å². The number of aryl methyl sites for hydroxylation is 3. The fraction of sp³-hybridized carbons (Fsp3) is 0.185. The van der Waals surface area contributed by atoms with E-state index in [0.29, 0.717) is 27.9 Å². The average molecular weight is 440 g/mol. The Hall–Kier alpha value is -4.06. The number of fused-ring (bicyclic) bond motifs is 1. The number of carbonyl (C=O) groups is 2. The highest BCUT2D eigenvalue weighted by atomic mass is 16.5. The van der Waals surface area contributed by atoms with Gasteiger partial charge in [0.2, 0.25) is 5.78 Å². The lowest BCUT2D eigenvalue weighted by Gasteiger charge is -2.18. The van der Waals surface area contributed by atoms with E-state index in [2.05, 4.69) is 9.97 Å². The van der Waals surface area contributed by atoms with Gasteiger partial charge in [0.25, 0.3) is 5.56 Å². The van der Waals surface area contributed by atoms with E-state index in [9.17, 15) is 14.4 Å². The van der Waals surface area contributed by atoms with Crippen LogP contribution in [-0.4, -0.2) is 21.7 Å². The SMILES string of the molecule is Cc1ccc(C(=O)[C@@H](OC(=O)CCc2nc3ccccc3c(=O)[nH]2)c2ccc(C)cc2)cc1. The molecule has 0 aliphatic carbocycles. The number of ether oxygens (including phenoxy) is 1. The van der Waals surface area contributed by atoms with E-state index in [0.717, 1.165) is 11.1 Å². The minimum absolute atomic E-state index is 0.0230. The van der Waals surface area contributed by atoms with Gasteiger partial charge in [0.05, 0.1) is 17.3 Å². The largest absolute Gasteiger partial charge is 0.449 e. The molecule has 0 radical (unpaired) electrons. The zero-order valence-corrected chi connectivity index (χ0v) is 18.5. The zero-order valence-electron chi connectivity index (χ0n) is 18.5. The van der Waals surface area contributed by atoms with Crippen molar-refractivity contribution in [1.82, 2.24) is 9.97 Å². The van der Waals surface area contributed by atoms with Crippen LogP contribution in [0.2, 0.25) is 0 Å². The van der Waals surface area contributed by atoms with E-state index in [1.807, 2.05) is 38.1 Å². The molecule has 0 bridgehead atoms. The Morgan fingerprint density at radius 1 is 0.909 bits per heavy atom. The minimum atomic E-state index is -1.05. The molecular weight excluding hydrogens is 416 g/mol. The summed E-state index contributed by atoms with van der Waals surface area (Å²) in [5.41, 5.74) is 3.47. The predicted octanol–water partition coefficient (Wildman–Crippen LogP) is 4.64. The van der Waals surface area contributed by atoms with Crippen LogP contribution < -0.4 is 5.56 Å². The highest BCUT2D eigenvalue weighted by Crippen LogP contribution is 2.24. The Balaban J connectivity index is 1.52. The van der Waals surface area contributed by atoms with Crippen LogP contribution in [0.15, 0.2) is 77.6 Å². The van der Waals surface area contributed by atoms with Gasteiger partial charge >= 0.3 is 5.97 Å². The first-order valence-corrected chi connectivity index (χ1v) is 10.8. The van der Waals surface area contributed by atoms with Crippen molar-refractivity contribution < 1.29 is 14.3 Å². The molecule has 0 saturated carbocycles. The first-order valence-electron chi connectivity index (χ1n) is 10.8. The summed E-state index contributed by atoms with van der Waals surface area (Å²) in [5, 5.41) is 0.493. The van der Waals surface area contributed by atoms with E-state index in [1.54, 1.807) is 48.5 Å². The Morgan fingerprint density at radius 2 is 1.55 bits per heavy atom. The highest BCUT2D eigenvalue weighted by Gasteiger charge is 2.26. The van der Waals surface area contributed by atoms with Crippen molar-refractivity contribution >= 4 is 22.7 Å². The number of para-hydroxylation sites is 1. The van der Waals surface area contributed by atoms with Crippen LogP contribution in [0, 0.1) is 13.8 Å². The molecule has 0 fully saturated rings. The van der Waals surface area contributed by atoms with Gasteiger partial charge in [-0.1, -0.05) is 71.8 Å². The van der Waals surface area contributed by atoms with Gasteiger partial charge in [-0.2, -0.15) is 0 Å². The molecule has 1 heterocycles. The molecule has 33 heavy (non-hydrogen) atoms. The van der Waals surface area contributed by atoms with Crippen LogP contribution in [0.1, 0.15) is 45.4 Å². The van der Waals surface area contributed by atoms with Gasteiger partial charge in [-0.15, -0.1) is 0 Å². The van der Waals surface area contributed by atoms with Crippen LogP contribution >= 0.6 is 0 Å². The summed E-state index contributed by atoms with van der Waals surface area (Å²) in [6.07, 6.45) is -0.882. The first kappa shape index (κ1) is 22.1. The molecule has 0 amide bonds. The molecule has 166 valence electrons. The number of ketones is 1. The van der Waals surface area contributed by atoms with Crippen molar-refractivity contribution in [2.45, 2.75) is 32.8 Å². The van der Waals surface area contributed by atoms with Crippen LogP contribution in [0.5, 0.6) is 0 Å². The number of benzene rings is 3. The van der Waals surface area contributed by atoms with Gasteiger partial charge in [-0.05, 0) is 26.0 Å². The summed E-state index contributed by atoms with van der Waals surface area (Å²) >= 11 is 0. The van der Waals surface area contributed by atoms with Crippen molar-refractivity contribution in [1.29, 1.82) is 0 Å². The smallest absolute Gasteiger partial charge is 0.307 e. The van der Waals surface area contributed by atoms with Gasteiger partial charge in [-0.25, -0.2) is 4.98 Å². The third kappa shape index (κ3) is 5.23. The van der Waals surface area contributed by atoms with Gasteiger partial charge in [0, 0.05) is 17.5 Å². The topological polar surface area (TPSA) is 89.1 Å². The molecule has 1 aromatic heterocycles. The second kappa shape index (κ2) is 9.61. The Kier molecular flexibility index (Phi) is 6.45. The number of hydrogen-bond donors (Lipinski definition) is 1. The molecule has 0 aliphatic heterocycles. The van der Waals surface area contributed by atoms with Crippen molar-refractivity contribution in [3.05, 3.63) is 111 Å². The average Bonchev–Trinajstić information content (AvgIpc) is 2.82. The lowest BCUT2D eigenvalue weighted by atomic mass is 9.98. The Morgan fingerprint density at radius 3 is 2.24 bits per heavy atom. The lowest BCUT2D eigenvalue weighted by Crippen LogP contribution is -2.21. The maximum absolute atomic E-state index is 13.2. The van der Waals surface area contributed by atoms with Crippen molar-refractivity contribution in [2.75, 3.05) is 0 Å². The molecule has 1 N–H and O–H groups in total. The number of aromatic nitrogens is 2. The molecule has 0 aliphatic rings. The second-order valence-corrected chi connectivity index (χ2v) is 8.04. The first-order chi connectivity index (χ1) is 15.9. The molecule has 3 aromatic carbocycles. The fourth-order valence-corrected chi connectivity index (χ4v) is 3.55. The predicted molar refractivity (Wildman–Crippen MR) is 126 cm³/mol. The fourth-order valence-electron chi connectivity index (χ4n) is 3.55. The Bertz CT molecular complexity index is 1360. The second-order valence-electron chi connectivity index (χ2n) is 8.04. The molecule has 0 unspecified atom stereocenters.